The molecule has 0 aliphatic heterocycles. The zero-order chi connectivity index (χ0) is 17.9. The number of halogens is 1. The summed E-state index contributed by atoms with van der Waals surface area (Å²) in [6.45, 7) is 3.87. The standard InChI is InChI=1S/C17H21ClN2O4/c1-10(2)8-14(21)19-11-4-5-13(18)12(9-11)15(22)20-17(16(23)24)6-3-7-17/h4-5,9-10H,3,6-8H2,1-2H3,(H,19,21)(H,20,22)(H,23,24). The molecule has 0 unspecified atom stereocenters. The van der Waals surface area contributed by atoms with E-state index in [0.29, 0.717) is 24.9 Å². The van der Waals surface area contributed by atoms with Gasteiger partial charge in [-0.1, -0.05) is 25.4 Å². The third kappa shape index (κ3) is 4.06. The molecule has 1 aliphatic carbocycles. The van der Waals surface area contributed by atoms with Gasteiger partial charge in [-0.15, -0.1) is 0 Å². The Hall–Kier alpha value is -2.08. The van der Waals surface area contributed by atoms with Crippen LogP contribution in [0.2, 0.25) is 5.02 Å². The number of aliphatic carboxylic acids is 1. The molecule has 1 fully saturated rings. The maximum absolute atomic E-state index is 12.4. The topological polar surface area (TPSA) is 95.5 Å². The number of carbonyl (C=O) groups is 3. The van der Waals surface area contributed by atoms with Gasteiger partial charge in [0.2, 0.25) is 5.91 Å². The van der Waals surface area contributed by atoms with E-state index in [1.807, 2.05) is 13.8 Å². The van der Waals surface area contributed by atoms with Crippen molar-refractivity contribution in [2.45, 2.75) is 45.1 Å². The first-order valence-corrected chi connectivity index (χ1v) is 8.26. The van der Waals surface area contributed by atoms with Crippen molar-refractivity contribution >= 4 is 35.1 Å². The Morgan fingerprint density at radius 3 is 2.46 bits per heavy atom. The third-order valence-corrected chi connectivity index (χ3v) is 4.39. The predicted octanol–water partition coefficient (Wildman–Crippen LogP) is 3.06. The molecular formula is C17H21ClN2O4. The second-order valence-corrected chi connectivity index (χ2v) is 6.94. The number of hydrogen-bond acceptors (Lipinski definition) is 3. The lowest BCUT2D eigenvalue weighted by molar-refractivity contribution is -0.148. The van der Waals surface area contributed by atoms with Gasteiger partial charge in [-0.3, -0.25) is 9.59 Å². The molecule has 1 aromatic rings. The number of nitrogens with one attached hydrogen (secondary N) is 2. The molecule has 6 nitrogen and oxygen atoms in total. The van der Waals surface area contributed by atoms with Crippen molar-refractivity contribution in [3.63, 3.8) is 0 Å². The Bertz CT molecular complexity index is 669. The summed E-state index contributed by atoms with van der Waals surface area (Å²) in [5, 5.41) is 14.8. The van der Waals surface area contributed by atoms with Crippen LogP contribution in [-0.2, 0) is 9.59 Å². The van der Waals surface area contributed by atoms with Crippen LogP contribution in [-0.4, -0.2) is 28.4 Å². The molecule has 130 valence electrons. The van der Waals surface area contributed by atoms with Crippen LogP contribution in [0.25, 0.3) is 0 Å². The number of carboxylic acid groups (broad SMARTS) is 1. The molecule has 0 spiro atoms. The Balaban J connectivity index is 2.14. The molecule has 1 saturated carbocycles. The number of carboxylic acids is 1. The fraction of sp³-hybridized carbons (Fsp3) is 0.471. The summed E-state index contributed by atoms with van der Waals surface area (Å²) in [6, 6.07) is 4.58. The van der Waals surface area contributed by atoms with Gasteiger partial charge in [-0.2, -0.15) is 0 Å². The van der Waals surface area contributed by atoms with Gasteiger partial charge in [-0.25, -0.2) is 4.79 Å². The summed E-state index contributed by atoms with van der Waals surface area (Å²) in [7, 11) is 0. The molecule has 3 N–H and O–H groups in total. The van der Waals surface area contributed by atoms with Crippen molar-refractivity contribution in [3.8, 4) is 0 Å². The van der Waals surface area contributed by atoms with E-state index in [-0.39, 0.29) is 22.4 Å². The van der Waals surface area contributed by atoms with Crippen LogP contribution in [0.5, 0.6) is 0 Å². The maximum atomic E-state index is 12.4. The quantitative estimate of drug-likeness (QED) is 0.733. The fourth-order valence-corrected chi connectivity index (χ4v) is 2.77. The van der Waals surface area contributed by atoms with Crippen molar-refractivity contribution in [1.82, 2.24) is 5.32 Å². The highest BCUT2D eigenvalue weighted by atomic mass is 35.5. The molecule has 1 aliphatic rings. The van der Waals surface area contributed by atoms with Gasteiger partial charge in [0.1, 0.15) is 5.54 Å². The largest absolute Gasteiger partial charge is 0.480 e. The first kappa shape index (κ1) is 18.3. The number of benzene rings is 1. The van der Waals surface area contributed by atoms with Crippen LogP contribution in [0.4, 0.5) is 5.69 Å². The van der Waals surface area contributed by atoms with Crippen LogP contribution in [0.15, 0.2) is 18.2 Å². The molecule has 0 atom stereocenters. The van der Waals surface area contributed by atoms with Gasteiger partial charge >= 0.3 is 5.97 Å². The molecule has 0 heterocycles. The maximum Gasteiger partial charge on any atom is 0.329 e. The van der Waals surface area contributed by atoms with E-state index in [9.17, 15) is 19.5 Å². The van der Waals surface area contributed by atoms with E-state index in [0.717, 1.165) is 6.42 Å². The summed E-state index contributed by atoms with van der Waals surface area (Å²) < 4.78 is 0. The molecule has 2 amide bonds. The molecule has 7 heteroatoms. The highest BCUT2D eigenvalue weighted by Crippen LogP contribution is 2.33. The summed E-state index contributed by atoms with van der Waals surface area (Å²) in [6.07, 6.45) is 1.92. The minimum atomic E-state index is -1.21. The van der Waals surface area contributed by atoms with Crippen molar-refractivity contribution in [2.24, 2.45) is 5.92 Å². The number of hydrogen-bond donors (Lipinski definition) is 3. The van der Waals surface area contributed by atoms with Gasteiger partial charge in [0.15, 0.2) is 0 Å². The van der Waals surface area contributed by atoms with Crippen molar-refractivity contribution in [2.75, 3.05) is 5.32 Å². The van der Waals surface area contributed by atoms with E-state index in [2.05, 4.69) is 10.6 Å². The third-order valence-electron chi connectivity index (χ3n) is 4.06. The highest BCUT2D eigenvalue weighted by Gasteiger charge is 2.45. The number of carbonyl (C=O) groups excluding carboxylic acids is 2. The average molecular weight is 353 g/mol. The van der Waals surface area contributed by atoms with Gasteiger partial charge in [0.05, 0.1) is 10.6 Å². The zero-order valence-electron chi connectivity index (χ0n) is 13.7. The van der Waals surface area contributed by atoms with Crippen molar-refractivity contribution in [3.05, 3.63) is 28.8 Å². The van der Waals surface area contributed by atoms with E-state index in [1.54, 1.807) is 6.07 Å². The Morgan fingerprint density at radius 1 is 1.29 bits per heavy atom. The van der Waals surface area contributed by atoms with Crippen LogP contribution in [0.3, 0.4) is 0 Å². The summed E-state index contributed by atoms with van der Waals surface area (Å²) in [4.78, 5) is 35.6. The molecule has 0 aromatic heterocycles. The first-order chi connectivity index (χ1) is 11.2. The molecule has 0 bridgehead atoms. The summed E-state index contributed by atoms with van der Waals surface area (Å²) in [5.41, 5.74) is -0.614. The number of amides is 2. The summed E-state index contributed by atoms with van der Waals surface area (Å²) in [5.74, 6) is -1.53. The second kappa shape index (κ2) is 7.21. The molecule has 1 aromatic carbocycles. The van der Waals surface area contributed by atoms with Gasteiger partial charge in [0, 0.05) is 12.1 Å². The molecular weight excluding hydrogens is 332 g/mol. The lowest BCUT2D eigenvalue weighted by Gasteiger charge is -2.38. The van der Waals surface area contributed by atoms with E-state index < -0.39 is 17.4 Å². The molecule has 24 heavy (non-hydrogen) atoms. The van der Waals surface area contributed by atoms with Gasteiger partial charge in [0.25, 0.3) is 5.91 Å². The van der Waals surface area contributed by atoms with Gasteiger partial charge < -0.3 is 15.7 Å². The lowest BCUT2D eigenvalue weighted by atomic mass is 9.76. The van der Waals surface area contributed by atoms with E-state index >= 15 is 0 Å². The molecule has 2 rings (SSSR count). The zero-order valence-corrected chi connectivity index (χ0v) is 14.4. The average Bonchev–Trinajstić information content (AvgIpc) is 2.43. The Morgan fingerprint density at radius 2 is 1.96 bits per heavy atom. The Kier molecular flexibility index (Phi) is 5.49. The number of anilines is 1. The first-order valence-electron chi connectivity index (χ1n) is 7.89. The minimum Gasteiger partial charge on any atom is -0.480 e. The van der Waals surface area contributed by atoms with Crippen LogP contribution in [0, 0.1) is 5.92 Å². The highest BCUT2D eigenvalue weighted by molar-refractivity contribution is 6.34. The predicted molar refractivity (Wildman–Crippen MR) is 91.2 cm³/mol. The SMILES string of the molecule is CC(C)CC(=O)Nc1ccc(Cl)c(C(=O)NC2(C(=O)O)CCC2)c1. The summed E-state index contributed by atoms with van der Waals surface area (Å²) >= 11 is 6.06. The second-order valence-electron chi connectivity index (χ2n) is 6.54. The van der Waals surface area contributed by atoms with Crippen molar-refractivity contribution in [1.29, 1.82) is 0 Å². The number of rotatable bonds is 6. The normalized spacial score (nSPS) is 15.5. The Labute approximate surface area is 145 Å². The van der Waals surface area contributed by atoms with Crippen LogP contribution in [0.1, 0.15) is 49.9 Å². The van der Waals surface area contributed by atoms with E-state index in [1.165, 1.54) is 12.1 Å². The smallest absolute Gasteiger partial charge is 0.329 e. The molecule has 0 radical (unpaired) electrons. The lowest BCUT2D eigenvalue weighted by Crippen LogP contribution is -2.59. The molecule has 0 saturated heterocycles. The monoisotopic (exact) mass is 352 g/mol. The van der Waals surface area contributed by atoms with Crippen LogP contribution >= 0.6 is 11.6 Å². The van der Waals surface area contributed by atoms with Gasteiger partial charge in [-0.05, 0) is 43.4 Å². The fourth-order valence-electron chi connectivity index (χ4n) is 2.57. The van der Waals surface area contributed by atoms with E-state index in [4.69, 9.17) is 11.6 Å². The van der Waals surface area contributed by atoms with Crippen LogP contribution < -0.4 is 10.6 Å². The minimum absolute atomic E-state index is 0.145. The van der Waals surface area contributed by atoms with Crippen molar-refractivity contribution < 1.29 is 19.5 Å².